The Balaban J connectivity index is 1.35. The van der Waals surface area contributed by atoms with Crippen LogP contribution in [0.4, 0.5) is 0 Å². The van der Waals surface area contributed by atoms with Gasteiger partial charge in [0.15, 0.2) is 5.69 Å². The van der Waals surface area contributed by atoms with Gasteiger partial charge >= 0.3 is 0 Å². The summed E-state index contributed by atoms with van der Waals surface area (Å²) in [5.41, 5.74) is 4.00. The van der Waals surface area contributed by atoms with Gasteiger partial charge in [0.1, 0.15) is 0 Å². The summed E-state index contributed by atoms with van der Waals surface area (Å²) >= 11 is 0. The van der Waals surface area contributed by atoms with Crippen LogP contribution in [0.3, 0.4) is 0 Å². The fourth-order valence-electron chi connectivity index (χ4n) is 4.28. The van der Waals surface area contributed by atoms with Crippen LogP contribution in [0, 0.1) is 5.92 Å². The van der Waals surface area contributed by atoms with E-state index in [0.29, 0.717) is 5.69 Å². The number of amides is 1. The molecule has 4 rings (SSSR count). The van der Waals surface area contributed by atoms with E-state index in [-0.39, 0.29) is 5.91 Å². The Morgan fingerprint density at radius 3 is 2.74 bits per heavy atom. The Bertz CT molecular complexity index is 775. The number of rotatable bonds is 6. The number of benzene rings is 1. The SMILES string of the molecule is CC1CCN(CCCNC(=O)c2nn(-c3ccccc3)c3c2CCC3)CC1. The summed E-state index contributed by atoms with van der Waals surface area (Å²) in [7, 11) is 0. The van der Waals surface area contributed by atoms with Crippen LogP contribution >= 0.6 is 0 Å². The first-order valence-electron chi connectivity index (χ1n) is 10.4. The van der Waals surface area contributed by atoms with Gasteiger partial charge in [0, 0.05) is 17.8 Å². The van der Waals surface area contributed by atoms with Crippen LogP contribution in [0.5, 0.6) is 0 Å². The molecule has 1 aromatic carbocycles. The molecule has 1 fully saturated rings. The van der Waals surface area contributed by atoms with Crippen molar-refractivity contribution in [3.05, 3.63) is 47.3 Å². The summed E-state index contributed by atoms with van der Waals surface area (Å²) < 4.78 is 1.96. The molecule has 0 radical (unpaired) electrons. The fourth-order valence-corrected chi connectivity index (χ4v) is 4.28. The first-order chi connectivity index (χ1) is 13.2. The molecule has 2 heterocycles. The molecule has 1 aliphatic carbocycles. The number of nitrogens with one attached hydrogen (secondary N) is 1. The van der Waals surface area contributed by atoms with Crippen LogP contribution in [-0.4, -0.2) is 46.8 Å². The molecule has 2 aliphatic rings. The van der Waals surface area contributed by atoms with Crippen molar-refractivity contribution in [1.82, 2.24) is 20.0 Å². The zero-order valence-corrected chi connectivity index (χ0v) is 16.3. The molecule has 1 saturated heterocycles. The van der Waals surface area contributed by atoms with Gasteiger partial charge in [-0.05, 0) is 76.2 Å². The van der Waals surface area contributed by atoms with Gasteiger partial charge in [0.25, 0.3) is 5.91 Å². The van der Waals surface area contributed by atoms with E-state index in [1.807, 2.05) is 35.0 Å². The van der Waals surface area contributed by atoms with Crippen LogP contribution < -0.4 is 5.32 Å². The lowest BCUT2D eigenvalue weighted by atomic mass is 9.99. The predicted molar refractivity (Wildman–Crippen MR) is 107 cm³/mol. The summed E-state index contributed by atoms with van der Waals surface area (Å²) in [5.74, 6) is 0.845. The van der Waals surface area contributed by atoms with E-state index in [4.69, 9.17) is 0 Å². The number of hydrogen-bond acceptors (Lipinski definition) is 3. The summed E-state index contributed by atoms with van der Waals surface area (Å²) in [5, 5.41) is 7.77. The third-order valence-corrected chi connectivity index (χ3v) is 5.96. The normalized spacial score (nSPS) is 17.8. The van der Waals surface area contributed by atoms with Gasteiger partial charge in [-0.2, -0.15) is 5.10 Å². The Morgan fingerprint density at radius 2 is 1.96 bits per heavy atom. The van der Waals surface area contributed by atoms with Gasteiger partial charge < -0.3 is 10.2 Å². The molecule has 1 aliphatic heterocycles. The summed E-state index contributed by atoms with van der Waals surface area (Å²) in [4.78, 5) is 15.3. The topological polar surface area (TPSA) is 50.2 Å². The number of hydrogen-bond donors (Lipinski definition) is 1. The number of para-hydroxylation sites is 1. The summed E-state index contributed by atoms with van der Waals surface area (Å²) in [6.45, 7) is 6.53. The van der Waals surface area contributed by atoms with Gasteiger partial charge in [-0.25, -0.2) is 4.68 Å². The Hall–Kier alpha value is -2.14. The molecular weight excluding hydrogens is 336 g/mol. The molecule has 144 valence electrons. The van der Waals surface area contributed by atoms with Crippen LogP contribution in [0.15, 0.2) is 30.3 Å². The van der Waals surface area contributed by atoms with Crippen LogP contribution in [0.25, 0.3) is 5.69 Å². The Labute approximate surface area is 161 Å². The summed E-state index contributed by atoms with van der Waals surface area (Å²) in [6.07, 6.45) is 6.66. The maximum atomic E-state index is 12.7. The molecule has 5 heteroatoms. The zero-order chi connectivity index (χ0) is 18.6. The van der Waals surface area contributed by atoms with Crippen LogP contribution in [0.1, 0.15) is 54.4 Å². The highest BCUT2D eigenvalue weighted by Crippen LogP contribution is 2.27. The minimum Gasteiger partial charge on any atom is -0.351 e. The molecule has 5 nitrogen and oxygen atoms in total. The van der Waals surface area contributed by atoms with Gasteiger partial charge in [-0.1, -0.05) is 25.1 Å². The highest BCUT2D eigenvalue weighted by atomic mass is 16.1. The van der Waals surface area contributed by atoms with Crippen molar-refractivity contribution in [2.45, 2.75) is 45.4 Å². The number of carbonyl (C=O) groups excluding carboxylic acids is 1. The number of nitrogens with zero attached hydrogens (tertiary/aromatic N) is 3. The van der Waals surface area contributed by atoms with Crippen molar-refractivity contribution >= 4 is 5.91 Å². The van der Waals surface area contributed by atoms with Crippen molar-refractivity contribution < 1.29 is 4.79 Å². The van der Waals surface area contributed by atoms with Gasteiger partial charge in [-0.3, -0.25) is 4.79 Å². The van der Waals surface area contributed by atoms with E-state index < -0.39 is 0 Å². The number of fused-ring (bicyclic) bond motifs is 1. The third kappa shape index (κ3) is 4.08. The van der Waals surface area contributed by atoms with E-state index >= 15 is 0 Å². The first kappa shape index (κ1) is 18.2. The van der Waals surface area contributed by atoms with E-state index in [1.165, 1.54) is 31.6 Å². The standard InChI is InChI=1S/C22H30N4O/c1-17-11-15-25(16-12-17)14-6-13-23-22(27)21-19-9-5-10-20(19)26(24-21)18-7-3-2-4-8-18/h2-4,7-8,17H,5-6,9-16H2,1H3,(H,23,27). The van der Waals surface area contributed by atoms with E-state index in [2.05, 4.69) is 22.2 Å². The average molecular weight is 367 g/mol. The maximum Gasteiger partial charge on any atom is 0.272 e. The second-order valence-corrected chi connectivity index (χ2v) is 8.01. The third-order valence-electron chi connectivity index (χ3n) is 5.96. The van der Waals surface area contributed by atoms with Gasteiger partial charge in [0.05, 0.1) is 5.69 Å². The number of aromatic nitrogens is 2. The number of piperidine rings is 1. The van der Waals surface area contributed by atoms with Crippen molar-refractivity contribution in [2.24, 2.45) is 5.92 Å². The zero-order valence-electron chi connectivity index (χ0n) is 16.3. The van der Waals surface area contributed by atoms with E-state index in [1.54, 1.807) is 0 Å². The minimum absolute atomic E-state index is 0.0184. The Kier molecular flexibility index (Phi) is 5.58. The van der Waals surface area contributed by atoms with Gasteiger partial charge in [-0.15, -0.1) is 0 Å². The van der Waals surface area contributed by atoms with Crippen molar-refractivity contribution in [3.63, 3.8) is 0 Å². The lowest BCUT2D eigenvalue weighted by Crippen LogP contribution is -2.35. The monoisotopic (exact) mass is 366 g/mol. The largest absolute Gasteiger partial charge is 0.351 e. The smallest absolute Gasteiger partial charge is 0.272 e. The molecular formula is C22H30N4O. The lowest BCUT2D eigenvalue weighted by molar-refractivity contribution is 0.0944. The average Bonchev–Trinajstić information content (AvgIpc) is 3.30. The highest BCUT2D eigenvalue weighted by Gasteiger charge is 2.26. The van der Waals surface area contributed by atoms with Crippen LogP contribution in [0.2, 0.25) is 0 Å². The Morgan fingerprint density at radius 1 is 1.19 bits per heavy atom. The van der Waals surface area contributed by atoms with Crippen LogP contribution in [-0.2, 0) is 12.8 Å². The molecule has 0 saturated carbocycles. The molecule has 27 heavy (non-hydrogen) atoms. The molecule has 1 amide bonds. The minimum atomic E-state index is -0.0184. The number of carbonyl (C=O) groups is 1. The second-order valence-electron chi connectivity index (χ2n) is 8.01. The number of likely N-dealkylation sites (tertiary alicyclic amines) is 1. The maximum absolute atomic E-state index is 12.7. The molecule has 0 atom stereocenters. The molecule has 1 N–H and O–H groups in total. The van der Waals surface area contributed by atoms with E-state index in [0.717, 1.165) is 55.9 Å². The molecule has 0 spiro atoms. The van der Waals surface area contributed by atoms with E-state index in [9.17, 15) is 4.79 Å². The van der Waals surface area contributed by atoms with Crippen molar-refractivity contribution in [3.8, 4) is 5.69 Å². The van der Waals surface area contributed by atoms with Crippen molar-refractivity contribution in [1.29, 1.82) is 0 Å². The second kappa shape index (κ2) is 8.26. The summed E-state index contributed by atoms with van der Waals surface area (Å²) in [6, 6.07) is 10.1. The van der Waals surface area contributed by atoms with Crippen molar-refractivity contribution in [2.75, 3.05) is 26.2 Å². The molecule has 1 aromatic heterocycles. The van der Waals surface area contributed by atoms with Gasteiger partial charge in [0.2, 0.25) is 0 Å². The lowest BCUT2D eigenvalue weighted by Gasteiger charge is -2.30. The fraction of sp³-hybridized carbons (Fsp3) is 0.545. The molecule has 0 unspecified atom stereocenters. The quantitative estimate of drug-likeness (QED) is 0.799. The predicted octanol–water partition coefficient (Wildman–Crippen LogP) is 3.21. The molecule has 0 bridgehead atoms. The highest BCUT2D eigenvalue weighted by molar-refractivity contribution is 5.94. The first-order valence-corrected chi connectivity index (χ1v) is 10.4. The molecule has 2 aromatic rings.